The number of benzene rings is 1. The number of carbonyl (C=O) groups excluding carboxylic acids is 1. The molecular weight excluding hydrogens is 308 g/mol. The van der Waals surface area contributed by atoms with Crippen molar-refractivity contribution in [3.63, 3.8) is 0 Å². The third kappa shape index (κ3) is 4.47. The molecule has 1 saturated heterocycles. The number of amides is 2. The number of hydrogen-bond acceptors (Lipinski definition) is 3. The molecule has 0 spiro atoms. The van der Waals surface area contributed by atoms with E-state index in [-0.39, 0.29) is 24.5 Å². The van der Waals surface area contributed by atoms with E-state index in [0.717, 1.165) is 24.8 Å². The van der Waals surface area contributed by atoms with Crippen LogP contribution in [0.25, 0.3) is 0 Å². The SMILES string of the molecule is CC1C(c2ccccc2)CC(NC(=O)O)C(=O)N1CCCCCO. The fourth-order valence-corrected chi connectivity index (χ4v) is 3.44. The number of aliphatic hydroxyl groups excluding tert-OH is 1. The molecule has 1 aliphatic rings. The highest BCUT2D eigenvalue weighted by Gasteiger charge is 2.40. The average Bonchev–Trinajstić information content (AvgIpc) is 2.57. The minimum absolute atomic E-state index is 0.0147. The summed E-state index contributed by atoms with van der Waals surface area (Å²) in [7, 11) is 0. The first kappa shape index (κ1) is 18.3. The van der Waals surface area contributed by atoms with Crippen molar-refractivity contribution in [2.75, 3.05) is 13.2 Å². The van der Waals surface area contributed by atoms with Crippen molar-refractivity contribution in [3.8, 4) is 0 Å². The van der Waals surface area contributed by atoms with Crippen LogP contribution in [-0.4, -0.2) is 52.3 Å². The van der Waals surface area contributed by atoms with E-state index < -0.39 is 12.1 Å². The number of hydrogen-bond donors (Lipinski definition) is 3. The number of carboxylic acid groups (broad SMARTS) is 1. The van der Waals surface area contributed by atoms with Crippen LogP contribution >= 0.6 is 0 Å². The Morgan fingerprint density at radius 3 is 2.58 bits per heavy atom. The standard InChI is InChI=1S/C18H26N2O4/c1-13-15(14-8-4-2-5-9-14)12-16(19-18(23)24)17(22)20(13)10-6-3-7-11-21/h2,4-5,8-9,13,15-16,19,21H,3,6-7,10-12H2,1H3,(H,23,24). The highest BCUT2D eigenvalue weighted by molar-refractivity contribution is 5.86. The topological polar surface area (TPSA) is 89.9 Å². The van der Waals surface area contributed by atoms with Gasteiger partial charge in [0.15, 0.2) is 0 Å². The third-order valence-corrected chi connectivity index (χ3v) is 4.73. The highest BCUT2D eigenvalue weighted by atomic mass is 16.4. The van der Waals surface area contributed by atoms with Crippen LogP contribution in [0.3, 0.4) is 0 Å². The molecule has 24 heavy (non-hydrogen) atoms. The van der Waals surface area contributed by atoms with Crippen molar-refractivity contribution < 1.29 is 19.8 Å². The minimum atomic E-state index is -1.17. The fraction of sp³-hybridized carbons (Fsp3) is 0.556. The lowest BCUT2D eigenvalue weighted by Gasteiger charge is -2.43. The molecule has 6 heteroatoms. The van der Waals surface area contributed by atoms with E-state index in [1.807, 2.05) is 37.3 Å². The zero-order valence-electron chi connectivity index (χ0n) is 14.0. The number of carbonyl (C=O) groups is 2. The maximum atomic E-state index is 12.7. The van der Waals surface area contributed by atoms with Gasteiger partial charge in [-0.25, -0.2) is 4.79 Å². The Morgan fingerprint density at radius 2 is 1.96 bits per heavy atom. The smallest absolute Gasteiger partial charge is 0.405 e. The number of aliphatic hydroxyl groups is 1. The van der Waals surface area contributed by atoms with Crippen molar-refractivity contribution in [1.29, 1.82) is 0 Å². The molecule has 3 atom stereocenters. The van der Waals surface area contributed by atoms with Gasteiger partial charge in [-0.05, 0) is 38.2 Å². The van der Waals surface area contributed by atoms with Gasteiger partial charge in [0.1, 0.15) is 6.04 Å². The molecule has 0 aliphatic carbocycles. The Kier molecular flexibility index (Phi) is 6.61. The lowest BCUT2D eigenvalue weighted by atomic mass is 9.81. The summed E-state index contributed by atoms with van der Waals surface area (Å²) in [6, 6.07) is 9.23. The van der Waals surface area contributed by atoms with Crippen LogP contribution in [0.4, 0.5) is 4.79 Å². The van der Waals surface area contributed by atoms with Gasteiger partial charge in [0, 0.05) is 25.1 Å². The predicted octanol–water partition coefficient (Wildman–Crippen LogP) is 2.19. The summed E-state index contributed by atoms with van der Waals surface area (Å²) in [6.07, 6.45) is 1.67. The van der Waals surface area contributed by atoms with Gasteiger partial charge in [0.2, 0.25) is 5.91 Å². The maximum absolute atomic E-state index is 12.7. The van der Waals surface area contributed by atoms with E-state index in [2.05, 4.69) is 5.32 Å². The van der Waals surface area contributed by atoms with Crippen LogP contribution in [0.15, 0.2) is 30.3 Å². The van der Waals surface area contributed by atoms with Gasteiger partial charge in [-0.15, -0.1) is 0 Å². The number of rotatable bonds is 7. The molecule has 2 rings (SSSR count). The Labute approximate surface area is 142 Å². The van der Waals surface area contributed by atoms with Crippen molar-refractivity contribution in [3.05, 3.63) is 35.9 Å². The van der Waals surface area contributed by atoms with E-state index in [9.17, 15) is 9.59 Å². The number of nitrogens with one attached hydrogen (secondary N) is 1. The van der Waals surface area contributed by atoms with Gasteiger partial charge in [-0.1, -0.05) is 30.3 Å². The fourth-order valence-electron chi connectivity index (χ4n) is 3.44. The Bertz CT molecular complexity index is 549. The average molecular weight is 334 g/mol. The second kappa shape index (κ2) is 8.68. The Morgan fingerprint density at radius 1 is 1.25 bits per heavy atom. The first-order valence-electron chi connectivity index (χ1n) is 8.50. The van der Waals surface area contributed by atoms with Gasteiger partial charge < -0.3 is 20.4 Å². The molecule has 0 radical (unpaired) electrons. The Balaban J connectivity index is 2.16. The number of likely N-dealkylation sites (tertiary alicyclic amines) is 1. The summed E-state index contributed by atoms with van der Waals surface area (Å²) in [6.45, 7) is 2.76. The molecule has 0 bridgehead atoms. The molecule has 0 saturated carbocycles. The molecule has 1 aliphatic heterocycles. The first-order chi connectivity index (χ1) is 11.5. The monoisotopic (exact) mass is 334 g/mol. The van der Waals surface area contributed by atoms with Crippen molar-refractivity contribution in [2.24, 2.45) is 0 Å². The summed E-state index contributed by atoms with van der Waals surface area (Å²) in [5, 5.41) is 20.3. The Hall–Kier alpha value is -2.08. The molecule has 1 fully saturated rings. The molecule has 6 nitrogen and oxygen atoms in total. The van der Waals surface area contributed by atoms with Crippen LogP contribution in [0.2, 0.25) is 0 Å². The molecule has 1 aromatic rings. The van der Waals surface area contributed by atoms with Gasteiger partial charge >= 0.3 is 6.09 Å². The summed E-state index contributed by atoms with van der Waals surface area (Å²) in [5.41, 5.74) is 1.12. The second-order valence-corrected chi connectivity index (χ2v) is 6.31. The zero-order valence-corrected chi connectivity index (χ0v) is 14.0. The number of piperidine rings is 1. The first-order valence-corrected chi connectivity index (χ1v) is 8.50. The largest absolute Gasteiger partial charge is 0.465 e. The molecule has 2 amide bonds. The second-order valence-electron chi connectivity index (χ2n) is 6.31. The number of nitrogens with zero attached hydrogens (tertiary/aromatic N) is 1. The summed E-state index contributed by atoms with van der Waals surface area (Å²) in [5.74, 6) is -0.0559. The van der Waals surface area contributed by atoms with Gasteiger partial charge in [0.25, 0.3) is 0 Å². The minimum Gasteiger partial charge on any atom is -0.465 e. The maximum Gasteiger partial charge on any atom is 0.405 e. The summed E-state index contributed by atoms with van der Waals surface area (Å²) >= 11 is 0. The predicted molar refractivity (Wildman–Crippen MR) is 90.9 cm³/mol. The summed E-state index contributed by atoms with van der Waals surface area (Å²) < 4.78 is 0. The van der Waals surface area contributed by atoms with Crippen LogP contribution in [0.5, 0.6) is 0 Å². The van der Waals surface area contributed by atoms with E-state index in [4.69, 9.17) is 10.2 Å². The van der Waals surface area contributed by atoms with Gasteiger partial charge in [-0.3, -0.25) is 4.79 Å². The van der Waals surface area contributed by atoms with Crippen molar-refractivity contribution >= 4 is 12.0 Å². The van der Waals surface area contributed by atoms with Crippen LogP contribution in [-0.2, 0) is 4.79 Å². The molecule has 1 heterocycles. The van der Waals surface area contributed by atoms with Gasteiger partial charge in [0.05, 0.1) is 0 Å². The van der Waals surface area contributed by atoms with E-state index in [0.29, 0.717) is 13.0 Å². The van der Waals surface area contributed by atoms with Crippen LogP contribution in [0, 0.1) is 0 Å². The van der Waals surface area contributed by atoms with Crippen LogP contribution < -0.4 is 5.32 Å². The summed E-state index contributed by atoms with van der Waals surface area (Å²) in [4.78, 5) is 25.5. The van der Waals surface area contributed by atoms with Gasteiger partial charge in [-0.2, -0.15) is 0 Å². The molecule has 3 unspecified atom stereocenters. The van der Waals surface area contributed by atoms with Crippen molar-refractivity contribution in [2.45, 2.75) is 50.6 Å². The van der Waals surface area contributed by atoms with E-state index in [1.165, 1.54) is 0 Å². The molecule has 3 N–H and O–H groups in total. The molecule has 1 aromatic carbocycles. The van der Waals surface area contributed by atoms with E-state index in [1.54, 1.807) is 4.90 Å². The highest BCUT2D eigenvalue weighted by Crippen LogP contribution is 2.33. The quantitative estimate of drug-likeness (QED) is 0.667. The van der Waals surface area contributed by atoms with E-state index >= 15 is 0 Å². The number of unbranched alkanes of at least 4 members (excludes halogenated alkanes) is 2. The molecular formula is C18H26N2O4. The molecule has 132 valence electrons. The molecule has 0 aromatic heterocycles. The van der Waals surface area contributed by atoms with Crippen LogP contribution in [0.1, 0.15) is 44.1 Å². The van der Waals surface area contributed by atoms with Crippen molar-refractivity contribution in [1.82, 2.24) is 10.2 Å². The zero-order chi connectivity index (χ0) is 17.5. The lowest BCUT2D eigenvalue weighted by Crippen LogP contribution is -2.58. The normalized spacial score (nSPS) is 24.0. The lowest BCUT2D eigenvalue weighted by molar-refractivity contribution is -0.139. The third-order valence-electron chi connectivity index (χ3n) is 4.73.